The van der Waals surface area contributed by atoms with E-state index >= 15 is 0 Å². The smallest absolute Gasteiger partial charge is 0.318 e. The van der Waals surface area contributed by atoms with Gasteiger partial charge in [-0.05, 0) is 27.4 Å². The van der Waals surface area contributed by atoms with E-state index in [9.17, 15) is 9.59 Å². The minimum Gasteiger partial charge on any atom is -0.353 e. The van der Waals surface area contributed by atoms with Crippen molar-refractivity contribution in [1.82, 2.24) is 15.5 Å². The number of rotatable bonds is 2. The predicted molar refractivity (Wildman–Crippen MR) is 68.8 cm³/mol. The zero-order valence-corrected chi connectivity index (χ0v) is 11.4. The molecule has 0 radical (unpaired) electrons. The highest BCUT2D eigenvalue weighted by molar-refractivity contribution is 9.10. The lowest BCUT2D eigenvalue weighted by molar-refractivity contribution is -0.123. The number of hydrogen-bond acceptors (Lipinski definition) is 3. The lowest BCUT2D eigenvalue weighted by atomic mass is 10.4. The Labute approximate surface area is 111 Å². The van der Waals surface area contributed by atoms with Gasteiger partial charge in [-0.25, -0.2) is 4.79 Å². The standard InChI is InChI=1S/C10H12BrN3O2S/c11-7-1-4-17-8(7)5-13-10(16)14-3-2-12-9(15)6-14/h1,4H,2-3,5-6H2,(H,12,15)(H,13,16). The first-order chi connectivity index (χ1) is 8.16. The zero-order chi connectivity index (χ0) is 12.3. The molecule has 0 aromatic carbocycles. The van der Waals surface area contributed by atoms with E-state index in [4.69, 9.17) is 0 Å². The average Bonchev–Trinajstić information content (AvgIpc) is 2.72. The Morgan fingerprint density at radius 1 is 1.65 bits per heavy atom. The van der Waals surface area contributed by atoms with Crippen LogP contribution in [-0.2, 0) is 11.3 Å². The molecule has 17 heavy (non-hydrogen) atoms. The van der Waals surface area contributed by atoms with Gasteiger partial charge in [0, 0.05) is 22.4 Å². The van der Waals surface area contributed by atoms with Crippen LogP contribution in [-0.4, -0.2) is 36.5 Å². The molecule has 0 saturated carbocycles. The molecular formula is C10H12BrN3O2S. The molecule has 0 bridgehead atoms. The van der Waals surface area contributed by atoms with Crippen LogP contribution in [0.5, 0.6) is 0 Å². The van der Waals surface area contributed by atoms with Crippen molar-refractivity contribution in [3.05, 3.63) is 20.8 Å². The van der Waals surface area contributed by atoms with E-state index in [2.05, 4.69) is 26.6 Å². The van der Waals surface area contributed by atoms with E-state index in [1.807, 2.05) is 11.4 Å². The van der Waals surface area contributed by atoms with E-state index in [0.717, 1.165) is 9.35 Å². The summed E-state index contributed by atoms with van der Waals surface area (Å²) < 4.78 is 0.999. The van der Waals surface area contributed by atoms with E-state index in [-0.39, 0.29) is 18.5 Å². The molecule has 92 valence electrons. The molecule has 2 heterocycles. The third-order valence-corrected chi connectivity index (χ3v) is 4.34. The molecule has 7 heteroatoms. The number of carbonyl (C=O) groups excluding carboxylic acids is 2. The lowest BCUT2D eigenvalue weighted by Crippen LogP contribution is -2.52. The van der Waals surface area contributed by atoms with E-state index in [0.29, 0.717) is 19.6 Å². The molecule has 0 spiro atoms. The maximum atomic E-state index is 11.8. The summed E-state index contributed by atoms with van der Waals surface area (Å²) in [6.07, 6.45) is 0. The van der Waals surface area contributed by atoms with E-state index in [1.165, 1.54) is 4.90 Å². The molecule has 0 unspecified atom stereocenters. The van der Waals surface area contributed by atoms with Crippen molar-refractivity contribution in [2.45, 2.75) is 6.54 Å². The van der Waals surface area contributed by atoms with Crippen LogP contribution in [0, 0.1) is 0 Å². The van der Waals surface area contributed by atoms with Crippen molar-refractivity contribution in [2.75, 3.05) is 19.6 Å². The number of thiophene rings is 1. The highest BCUT2D eigenvalue weighted by Crippen LogP contribution is 2.22. The van der Waals surface area contributed by atoms with Gasteiger partial charge in [0.25, 0.3) is 0 Å². The molecule has 2 rings (SSSR count). The Kier molecular flexibility index (Phi) is 4.01. The number of amides is 3. The van der Waals surface area contributed by atoms with Gasteiger partial charge in [-0.15, -0.1) is 11.3 Å². The number of nitrogens with one attached hydrogen (secondary N) is 2. The quantitative estimate of drug-likeness (QED) is 0.859. The molecule has 3 amide bonds. The number of nitrogens with zero attached hydrogens (tertiary/aromatic N) is 1. The highest BCUT2D eigenvalue weighted by Gasteiger charge is 2.20. The van der Waals surface area contributed by atoms with Crippen LogP contribution in [0.4, 0.5) is 4.79 Å². The highest BCUT2D eigenvalue weighted by atomic mass is 79.9. The topological polar surface area (TPSA) is 61.4 Å². The molecule has 1 aromatic rings. The van der Waals surface area contributed by atoms with Gasteiger partial charge in [-0.3, -0.25) is 4.79 Å². The molecule has 1 aromatic heterocycles. The molecule has 0 aliphatic carbocycles. The third-order valence-electron chi connectivity index (χ3n) is 2.42. The molecule has 1 saturated heterocycles. The van der Waals surface area contributed by atoms with Crippen molar-refractivity contribution in [1.29, 1.82) is 0 Å². The van der Waals surface area contributed by atoms with Crippen LogP contribution in [0.1, 0.15) is 4.88 Å². The minimum atomic E-state index is -0.194. The predicted octanol–water partition coefficient (Wildman–Crippen LogP) is 1.15. The molecular weight excluding hydrogens is 306 g/mol. The summed E-state index contributed by atoms with van der Waals surface area (Å²) in [4.78, 5) is 25.5. The summed E-state index contributed by atoms with van der Waals surface area (Å²) in [5.41, 5.74) is 0. The summed E-state index contributed by atoms with van der Waals surface area (Å²) in [6.45, 7) is 1.70. The van der Waals surface area contributed by atoms with Gasteiger partial charge in [0.05, 0.1) is 6.54 Å². The van der Waals surface area contributed by atoms with Gasteiger partial charge in [0.15, 0.2) is 0 Å². The van der Waals surface area contributed by atoms with Crippen molar-refractivity contribution >= 4 is 39.2 Å². The zero-order valence-electron chi connectivity index (χ0n) is 9.03. The first-order valence-electron chi connectivity index (χ1n) is 5.18. The summed E-state index contributed by atoms with van der Waals surface area (Å²) in [5.74, 6) is -0.108. The maximum absolute atomic E-state index is 11.8. The van der Waals surface area contributed by atoms with Crippen molar-refractivity contribution in [3.63, 3.8) is 0 Å². The number of piperazine rings is 1. The van der Waals surface area contributed by atoms with Gasteiger partial charge < -0.3 is 15.5 Å². The fourth-order valence-corrected chi connectivity index (χ4v) is 2.96. The van der Waals surface area contributed by atoms with Crippen molar-refractivity contribution in [2.24, 2.45) is 0 Å². The van der Waals surface area contributed by atoms with Crippen LogP contribution < -0.4 is 10.6 Å². The molecule has 1 aliphatic rings. The maximum Gasteiger partial charge on any atom is 0.318 e. The largest absolute Gasteiger partial charge is 0.353 e. The van der Waals surface area contributed by atoms with Gasteiger partial charge in [-0.1, -0.05) is 0 Å². The molecule has 2 N–H and O–H groups in total. The second-order valence-electron chi connectivity index (χ2n) is 3.62. The first-order valence-corrected chi connectivity index (χ1v) is 6.85. The van der Waals surface area contributed by atoms with Crippen molar-refractivity contribution in [3.8, 4) is 0 Å². The average molecular weight is 318 g/mol. The monoisotopic (exact) mass is 317 g/mol. The Morgan fingerprint density at radius 2 is 2.47 bits per heavy atom. The Bertz CT molecular complexity index is 435. The molecule has 0 atom stereocenters. The fourth-order valence-electron chi connectivity index (χ4n) is 1.53. The second-order valence-corrected chi connectivity index (χ2v) is 5.48. The van der Waals surface area contributed by atoms with Gasteiger partial charge in [-0.2, -0.15) is 0 Å². The summed E-state index contributed by atoms with van der Waals surface area (Å²) in [5, 5.41) is 7.44. The number of halogens is 1. The molecule has 5 nitrogen and oxygen atoms in total. The van der Waals surface area contributed by atoms with Crippen LogP contribution in [0.3, 0.4) is 0 Å². The number of hydrogen-bond donors (Lipinski definition) is 2. The van der Waals surface area contributed by atoms with Gasteiger partial charge in [0.2, 0.25) is 5.91 Å². The van der Waals surface area contributed by atoms with Crippen molar-refractivity contribution < 1.29 is 9.59 Å². The van der Waals surface area contributed by atoms with E-state index in [1.54, 1.807) is 11.3 Å². The molecule has 1 fully saturated rings. The third kappa shape index (κ3) is 3.19. The van der Waals surface area contributed by atoms with Crippen LogP contribution in [0.2, 0.25) is 0 Å². The van der Waals surface area contributed by atoms with Crippen LogP contribution in [0.15, 0.2) is 15.9 Å². The number of urea groups is 1. The van der Waals surface area contributed by atoms with Crippen LogP contribution >= 0.6 is 27.3 Å². The number of carbonyl (C=O) groups is 2. The summed E-state index contributed by atoms with van der Waals surface area (Å²) >= 11 is 4.98. The van der Waals surface area contributed by atoms with Gasteiger partial charge in [0.1, 0.15) is 6.54 Å². The fraction of sp³-hybridized carbons (Fsp3) is 0.400. The lowest BCUT2D eigenvalue weighted by Gasteiger charge is -2.26. The van der Waals surface area contributed by atoms with Crippen LogP contribution in [0.25, 0.3) is 0 Å². The normalized spacial score (nSPS) is 15.6. The minimum absolute atomic E-state index is 0.108. The summed E-state index contributed by atoms with van der Waals surface area (Å²) in [6, 6.07) is 1.75. The Balaban J connectivity index is 1.85. The summed E-state index contributed by atoms with van der Waals surface area (Å²) in [7, 11) is 0. The first kappa shape index (κ1) is 12.4. The van der Waals surface area contributed by atoms with E-state index < -0.39 is 0 Å². The SMILES string of the molecule is O=C1CN(C(=O)NCc2sccc2Br)CCN1. The molecule has 1 aliphatic heterocycles. The van der Waals surface area contributed by atoms with Gasteiger partial charge >= 0.3 is 6.03 Å². The second kappa shape index (κ2) is 5.50. The Hall–Kier alpha value is -1.08. The Morgan fingerprint density at radius 3 is 3.12 bits per heavy atom.